The molecule has 1 aromatic carbocycles. The first-order valence-corrected chi connectivity index (χ1v) is 10.1. The number of rotatable bonds is 4. The summed E-state index contributed by atoms with van der Waals surface area (Å²) in [6, 6.07) is 3.50. The van der Waals surface area contributed by atoms with E-state index >= 15 is 0 Å². The van der Waals surface area contributed by atoms with Crippen LogP contribution in [0.5, 0.6) is 0 Å². The fraction of sp³-hybridized carbons (Fsp3) is 0.619. The summed E-state index contributed by atoms with van der Waals surface area (Å²) in [5.74, 6) is -0.454. The molecule has 1 saturated carbocycles. The zero-order valence-corrected chi connectivity index (χ0v) is 16.7. The van der Waals surface area contributed by atoms with E-state index in [9.17, 15) is 22.8 Å². The molecule has 1 saturated heterocycles. The third-order valence-corrected chi connectivity index (χ3v) is 5.82. The van der Waals surface area contributed by atoms with Crippen LogP contribution in [0, 0.1) is 5.92 Å². The Morgan fingerprint density at radius 2 is 1.97 bits per heavy atom. The smallest absolute Gasteiger partial charge is 0.354 e. The molecule has 0 radical (unpaired) electrons. The van der Waals surface area contributed by atoms with Gasteiger partial charge in [0.1, 0.15) is 11.8 Å². The van der Waals surface area contributed by atoms with E-state index < -0.39 is 29.4 Å². The van der Waals surface area contributed by atoms with Gasteiger partial charge in [0.15, 0.2) is 0 Å². The van der Waals surface area contributed by atoms with E-state index in [4.69, 9.17) is 4.74 Å². The number of nitrogens with one attached hydrogen (secondary N) is 1. The van der Waals surface area contributed by atoms with Gasteiger partial charge in [-0.3, -0.25) is 14.5 Å². The largest absolute Gasteiger partial charge is 0.416 e. The van der Waals surface area contributed by atoms with Crippen molar-refractivity contribution in [1.29, 1.82) is 0 Å². The van der Waals surface area contributed by atoms with Crippen LogP contribution in [0.15, 0.2) is 24.3 Å². The third kappa shape index (κ3) is 4.42. The average molecular weight is 412 g/mol. The van der Waals surface area contributed by atoms with Gasteiger partial charge in [0.05, 0.1) is 12.2 Å². The van der Waals surface area contributed by atoms with Gasteiger partial charge in [-0.25, -0.2) is 0 Å². The minimum atomic E-state index is -4.55. The van der Waals surface area contributed by atoms with Crippen LogP contribution in [0.2, 0.25) is 0 Å². The van der Waals surface area contributed by atoms with Gasteiger partial charge in [0.25, 0.3) is 5.91 Å². The van der Waals surface area contributed by atoms with Crippen LogP contribution in [0.25, 0.3) is 0 Å². The van der Waals surface area contributed by atoms with Crippen LogP contribution in [0.4, 0.5) is 13.2 Å². The number of amides is 2. The van der Waals surface area contributed by atoms with Gasteiger partial charge in [-0.15, -0.1) is 0 Å². The van der Waals surface area contributed by atoms with Crippen molar-refractivity contribution in [2.75, 3.05) is 13.2 Å². The predicted octanol–water partition coefficient (Wildman–Crippen LogP) is 3.98. The van der Waals surface area contributed by atoms with Crippen molar-refractivity contribution in [2.24, 2.45) is 5.92 Å². The Morgan fingerprint density at radius 1 is 1.28 bits per heavy atom. The molecule has 160 valence electrons. The summed E-state index contributed by atoms with van der Waals surface area (Å²) in [5.41, 5.74) is -1.91. The number of halogens is 3. The van der Waals surface area contributed by atoms with Crippen LogP contribution in [0.3, 0.4) is 0 Å². The molecule has 2 fully saturated rings. The van der Waals surface area contributed by atoms with Gasteiger partial charge < -0.3 is 10.1 Å². The Morgan fingerprint density at radius 3 is 2.59 bits per heavy atom. The van der Waals surface area contributed by atoms with E-state index in [1.54, 1.807) is 0 Å². The third-order valence-electron chi connectivity index (χ3n) is 5.82. The second kappa shape index (κ2) is 8.34. The number of nitrogens with zero attached hydrogens (tertiary/aromatic N) is 1. The average Bonchev–Trinajstić information content (AvgIpc) is 3.06. The maximum Gasteiger partial charge on any atom is 0.416 e. The number of carbonyl (C=O) groups is 2. The molecule has 8 heteroatoms. The quantitative estimate of drug-likeness (QED) is 0.814. The van der Waals surface area contributed by atoms with Crippen molar-refractivity contribution in [3.63, 3.8) is 0 Å². The molecule has 0 aromatic heterocycles. The van der Waals surface area contributed by atoms with Gasteiger partial charge in [-0.05, 0) is 56.2 Å². The Labute approximate surface area is 168 Å². The molecule has 1 N–H and O–H groups in total. The zero-order chi connectivity index (χ0) is 21.2. The summed E-state index contributed by atoms with van der Waals surface area (Å²) >= 11 is 0. The highest BCUT2D eigenvalue weighted by Crippen LogP contribution is 2.43. The van der Waals surface area contributed by atoms with Crippen LogP contribution >= 0.6 is 0 Å². The molecule has 1 aliphatic heterocycles. The number of hydrogen-bond acceptors (Lipinski definition) is 3. The molecule has 29 heavy (non-hydrogen) atoms. The lowest BCUT2D eigenvalue weighted by atomic mass is 9.83. The van der Waals surface area contributed by atoms with E-state index in [0.29, 0.717) is 25.3 Å². The number of benzene rings is 1. The van der Waals surface area contributed by atoms with Gasteiger partial charge in [0.2, 0.25) is 5.91 Å². The zero-order valence-electron chi connectivity index (χ0n) is 16.7. The van der Waals surface area contributed by atoms with Crippen LogP contribution < -0.4 is 5.32 Å². The highest BCUT2D eigenvalue weighted by atomic mass is 19.4. The molecule has 0 bridgehead atoms. The van der Waals surface area contributed by atoms with Gasteiger partial charge >= 0.3 is 6.18 Å². The van der Waals surface area contributed by atoms with Crippen molar-refractivity contribution >= 4 is 11.8 Å². The van der Waals surface area contributed by atoms with E-state index in [1.807, 2.05) is 6.92 Å². The summed E-state index contributed by atoms with van der Waals surface area (Å²) in [5, 5.41) is 2.78. The molecule has 3 rings (SSSR count). The topological polar surface area (TPSA) is 58.6 Å². The molecule has 0 unspecified atom stereocenters. The fourth-order valence-corrected chi connectivity index (χ4v) is 4.11. The lowest BCUT2D eigenvalue weighted by molar-refractivity contribution is -0.137. The molecule has 2 amide bonds. The van der Waals surface area contributed by atoms with E-state index in [2.05, 4.69) is 12.2 Å². The maximum atomic E-state index is 13.4. The van der Waals surface area contributed by atoms with Gasteiger partial charge in [0, 0.05) is 12.1 Å². The van der Waals surface area contributed by atoms with E-state index in [1.165, 1.54) is 17.0 Å². The molecule has 1 atom stereocenters. The van der Waals surface area contributed by atoms with Crippen molar-refractivity contribution in [3.05, 3.63) is 35.4 Å². The number of hydrogen-bond donors (Lipinski definition) is 1. The van der Waals surface area contributed by atoms with Crippen LogP contribution in [-0.4, -0.2) is 41.6 Å². The minimum absolute atomic E-state index is 0.0502. The van der Waals surface area contributed by atoms with Crippen LogP contribution in [-0.2, 0) is 15.7 Å². The van der Waals surface area contributed by atoms with Crippen molar-refractivity contribution in [3.8, 4) is 0 Å². The first-order chi connectivity index (χ1) is 13.7. The van der Waals surface area contributed by atoms with E-state index in [0.717, 1.165) is 31.4 Å². The Hall–Kier alpha value is -2.09. The lowest BCUT2D eigenvalue weighted by Gasteiger charge is -2.43. The Balaban J connectivity index is 1.95. The molecular weight excluding hydrogens is 385 g/mol. The Bertz CT molecular complexity index is 758. The fourth-order valence-electron chi connectivity index (χ4n) is 4.11. The molecule has 1 heterocycles. The standard InChI is InChI=1S/C21H27F3N2O3/c1-3-11-25-18(27)17-13-29-20(9-7-14(2)8-10-20)26(17)19(28)15-5-4-6-16(12-15)21(22,23)24/h4-6,12,14,17H,3,7-11,13H2,1-2H3,(H,25,27)/t14?,17-,20?/m1/s1. The molecule has 1 spiro atoms. The second-order valence-corrected chi connectivity index (χ2v) is 8.00. The van der Waals surface area contributed by atoms with Crippen molar-refractivity contribution in [1.82, 2.24) is 10.2 Å². The first-order valence-electron chi connectivity index (χ1n) is 10.1. The number of carbonyl (C=O) groups excluding carboxylic acids is 2. The summed E-state index contributed by atoms with van der Waals surface area (Å²) < 4.78 is 45.4. The number of ether oxygens (including phenoxy) is 1. The normalized spacial score (nSPS) is 27.3. The predicted molar refractivity (Wildman–Crippen MR) is 101 cm³/mol. The minimum Gasteiger partial charge on any atom is -0.354 e. The monoisotopic (exact) mass is 412 g/mol. The van der Waals surface area contributed by atoms with Gasteiger partial charge in [-0.2, -0.15) is 13.2 Å². The summed E-state index contributed by atoms with van der Waals surface area (Å²) in [6.07, 6.45) is -1.02. The summed E-state index contributed by atoms with van der Waals surface area (Å²) in [7, 11) is 0. The molecule has 5 nitrogen and oxygen atoms in total. The summed E-state index contributed by atoms with van der Waals surface area (Å²) in [4.78, 5) is 27.5. The van der Waals surface area contributed by atoms with Crippen LogP contribution in [0.1, 0.15) is 61.9 Å². The van der Waals surface area contributed by atoms with Crippen molar-refractivity contribution < 1.29 is 27.5 Å². The van der Waals surface area contributed by atoms with Gasteiger partial charge in [-0.1, -0.05) is 19.9 Å². The molecule has 2 aliphatic rings. The molecular formula is C21H27F3N2O3. The first kappa shape index (κ1) is 21.6. The highest BCUT2D eigenvalue weighted by molar-refractivity contribution is 5.98. The van der Waals surface area contributed by atoms with E-state index in [-0.39, 0.29) is 18.1 Å². The highest BCUT2D eigenvalue weighted by Gasteiger charge is 2.53. The number of alkyl halides is 3. The second-order valence-electron chi connectivity index (χ2n) is 8.00. The maximum absolute atomic E-state index is 13.4. The Kier molecular flexibility index (Phi) is 6.22. The van der Waals surface area contributed by atoms with Crippen molar-refractivity contribution in [2.45, 2.75) is 63.9 Å². The molecule has 1 aromatic rings. The summed E-state index contributed by atoms with van der Waals surface area (Å²) in [6.45, 7) is 4.55. The molecule has 1 aliphatic carbocycles. The SMILES string of the molecule is CCCNC(=O)[C@H]1COC2(CCC(C)CC2)N1C(=O)c1cccc(C(F)(F)F)c1. The lowest BCUT2D eigenvalue weighted by Crippen LogP contribution is -2.56.